The summed E-state index contributed by atoms with van der Waals surface area (Å²) < 4.78 is 44.2. The molecule has 2 aromatic carbocycles. The van der Waals surface area contributed by atoms with Crippen molar-refractivity contribution >= 4 is 39.1 Å². The molecule has 2 rings (SSSR count). The number of rotatable bonds is 7. The van der Waals surface area contributed by atoms with E-state index in [0.29, 0.717) is 5.75 Å². The molecule has 29 heavy (non-hydrogen) atoms. The van der Waals surface area contributed by atoms with Gasteiger partial charge in [-0.3, -0.25) is 9.59 Å². The van der Waals surface area contributed by atoms with Crippen LogP contribution >= 0.6 is 15.9 Å². The first kappa shape index (κ1) is 22.4. The average molecular weight is 472 g/mol. The van der Waals surface area contributed by atoms with Gasteiger partial charge in [-0.2, -0.15) is 18.3 Å². The molecule has 2 amide bonds. The first-order valence-electron chi connectivity index (χ1n) is 8.31. The molecule has 0 spiro atoms. The van der Waals surface area contributed by atoms with Crippen LogP contribution in [0, 0.1) is 0 Å². The molecule has 154 valence electrons. The molecule has 2 aromatic rings. The van der Waals surface area contributed by atoms with Crippen LogP contribution in [-0.2, 0) is 15.8 Å². The maximum atomic E-state index is 12.7. The normalized spacial score (nSPS) is 11.7. The highest BCUT2D eigenvalue weighted by atomic mass is 79.9. The number of hydrogen-bond donors (Lipinski definition) is 2. The number of carbonyl (C=O) groups excluding carboxylic acids is 2. The molecule has 0 aliphatic carbocycles. The van der Waals surface area contributed by atoms with Gasteiger partial charge in [-0.05, 0) is 49.4 Å². The Morgan fingerprint density at radius 3 is 2.45 bits per heavy atom. The Morgan fingerprint density at radius 1 is 1.10 bits per heavy atom. The number of hydrazone groups is 1. The minimum atomic E-state index is -4.50. The molecule has 10 heteroatoms. The van der Waals surface area contributed by atoms with Gasteiger partial charge in [0.1, 0.15) is 5.75 Å². The third-order valence-corrected chi connectivity index (χ3v) is 3.97. The van der Waals surface area contributed by atoms with E-state index in [1.54, 1.807) is 24.3 Å². The van der Waals surface area contributed by atoms with Crippen molar-refractivity contribution in [1.82, 2.24) is 5.43 Å². The predicted molar refractivity (Wildman–Crippen MR) is 106 cm³/mol. The van der Waals surface area contributed by atoms with Crippen molar-refractivity contribution in [2.24, 2.45) is 5.10 Å². The molecular weight excluding hydrogens is 455 g/mol. The lowest BCUT2D eigenvalue weighted by molar-refractivity contribution is -0.137. The van der Waals surface area contributed by atoms with Crippen LogP contribution in [0.2, 0.25) is 0 Å². The minimum Gasteiger partial charge on any atom is -0.484 e. The maximum Gasteiger partial charge on any atom is 0.416 e. The van der Waals surface area contributed by atoms with Gasteiger partial charge < -0.3 is 10.1 Å². The number of alkyl halides is 3. The number of anilines is 1. The molecule has 6 nitrogen and oxygen atoms in total. The summed E-state index contributed by atoms with van der Waals surface area (Å²) >= 11 is 3.28. The smallest absolute Gasteiger partial charge is 0.416 e. The Morgan fingerprint density at radius 2 is 1.79 bits per heavy atom. The second-order valence-corrected chi connectivity index (χ2v) is 6.84. The fourth-order valence-corrected chi connectivity index (χ4v) is 2.38. The highest BCUT2D eigenvalue weighted by Crippen LogP contribution is 2.30. The van der Waals surface area contributed by atoms with Crippen molar-refractivity contribution in [1.29, 1.82) is 0 Å². The van der Waals surface area contributed by atoms with E-state index in [-0.39, 0.29) is 24.4 Å². The molecular formula is C19H17BrF3N3O3. The number of benzene rings is 2. The largest absolute Gasteiger partial charge is 0.484 e. The lowest BCUT2D eigenvalue weighted by Crippen LogP contribution is -2.26. The van der Waals surface area contributed by atoms with Crippen LogP contribution < -0.4 is 15.5 Å². The molecule has 0 aliphatic rings. The summed E-state index contributed by atoms with van der Waals surface area (Å²) in [6.45, 7) is 1.23. The predicted octanol–water partition coefficient (Wildman–Crippen LogP) is 4.37. The molecule has 0 heterocycles. The Kier molecular flexibility index (Phi) is 7.77. The SMILES string of the molecule is C/C(CC(=O)Nc1cccc(C(F)(F)F)c1)=N\NC(=O)COc1ccc(Br)cc1. The number of halogens is 4. The standard InChI is InChI=1S/C19H17BrF3N3O3/c1-12(25-26-18(28)11-29-16-7-5-14(20)6-8-16)9-17(27)24-15-4-2-3-13(10-15)19(21,22)23/h2-8,10H,9,11H2,1H3,(H,24,27)(H,26,28)/b25-12+. The van der Waals surface area contributed by atoms with Crippen molar-refractivity contribution in [2.45, 2.75) is 19.5 Å². The lowest BCUT2D eigenvalue weighted by atomic mass is 10.2. The van der Waals surface area contributed by atoms with Crippen LogP contribution in [0.1, 0.15) is 18.9 Å². The van der Waals surface area contributed by atoms with Gasteiger partial charge in [0, 0.05) is 15.9 Å². The van der Waals surface area contributed by atoms with Gasteiger partial charge in [-0.25, -0.2) is 5.43 Å². The quantitative estimate of drug-likeness (QED) is 0.464. The maximum absolute atomic E-state index is 12.7. The topological polar surface area (TPSA) is 79.8 Å². The zero-order valence-corrected chi connectivity index (χ0v) is 16.8. The first-order valence-corrected chi connectivity index (χ1v) is 9.10. The van der Waals surface area contributed by atoms with Crippen molar-refractivity contribution in [3.8, 4) is 5.75 Å². The fraction of sp³-hybridized carbons (Fsp3) is 0.211. The van der Waals surface area contributed by atoms with Crippen molar-refractivity contribution in [3.05, 3.63) is 58.6 Å². The molecule has 0 aromatic heterocycles. The van der Waals surface area contributed by atoms with Crippen LogP contribution in [-0.4, -0.2) is 24.1 Å². The highest BCUT2D eigenvalue weighted by molar-refractivity contribution is 9.10. The molecule has 2 N–H and O–H groups in total. The Hall–Kier alpha value is -2.88. The van der Waals surface area contributed by atoms with E-state index in [1.807, 2.05) is 0 Å². The molecule has 0 unspecified atom stereocenters. The van der Waals surface area contributed by atoms with E-state index in [9.17, 15) is 22.8 Å². The van der Waals surface area contributed by atoms with E-state index in [2.05, 4.69) is 31.8 Å². The zero-order chi connectivity index (χ0) is 21.4. The summed E-state index contributed by atoms with van der Waals surface area (Å²) in [5.74, 6) is -0.582. The highest BCUT2D eigenvalue weighted by Gasteiger charge is 2.30. The summed E-state index contributed by atoms with van der Waals surface area (Å²) in [6, 6.07) is 11.2. The average Bonchev–Trinajstić information content (AvgIpc) is 2.65. The zero-order valence-electron chi connectivity index (χ0n) is 15.2. The Balaban J connectivity index is 1.80. The summed E-state index contributed by atoms with van der Waals surface area (Å²) in [5, 5.41) is 6.14. The fourth-order valence-electron chi connectivity index (χ4n) is 2.12. The van der Waals surface area contributed by atoms with Gasteiger partial charge in [0.05, 0.1) is 12.0 Å². The van der Waals surface area contributed by atoms with E-state index in [4.69, 9.17) is 4.74 Å². The monoisotopic (exact) mass is 471 g/mol. The van der Waals surface area contributed by atoms with Gasteiger partial charge in [-0.15, -0.1) is 0 Å². The summed E-state index contributed by atoms with van der Waals surface area (Å²) in [5.41, 5.74) is 1.67. The third kappa shape index (κ3) is 7.94. The minimum absolute atomic E-state index is 0.0181. The van der Waals surface area contributed by atoms with E-state index >= 15 is 0 Å². The second kappa shape index (κ2) is 10.1. The number of nitrogens with one attached hydrogen (secondary N) is 2. The summed E-state index contributed by atoms with van der Waals surface area (Å²) in [6.07, 6.45) is -4.70. The molecule has 0 atom stereocenters. The van der Waals surface area contributed by atoms with Crippen LogP contribution in [0.3, 0.4) is 0 Å². The molecule has 0 fully saturated rings. The van der Waals surface area contributed by atoms with E-state index in [0.717, 1.165) is 16.6 Å². The Bertz CT molecular complexity index is 900. The third-order valence-electron chi connectivity index (χ3n) is 3.45. The number of amides is 2. The van der Waals surface area contributed by atoms with Gasteiger partial charge in [-0.1, -0.05) is 22.0 Å². The second-order valence-electron chi connectivity index (χ2n) is 5.93. The van der Waals surface area contributed by atoms with Crippen LogP contribution in [0.5, 0.6) is 5.75 Å². The molecule has 0 bridgehead atoms. The Labute approximate surface area is 173 Å². The first-order chi connectivity index (χ1) is 13.6. The number of hydrogen-bond acceptors (Lipinski definition) is 4. The number of ether oxygens (including phenoxy) is 1. The van der Waals surface area contributed by atoms with E-state index in [1.165, 1.54) is 19.1 Å². The van der Waals surface area contributed by atoms with Crippen molar-refractivity contribution < 1.29 is 27.5 Å². The molecule has 0 saturated heterocycles. The van der Waals surface area contributed by atoms with Gasteiger partial charge >= 0.3 is 6.18 Å². The lowest BCUT2D eigenvalue weighted by Gasteiger charge is -2.10. The molecule has 0 saturated carbocycles. The van der Waals surface area contributed by atoms with Gasteiger partial charge in [0.25, 0.3) is 5.91 Å². The summed E-state index contributed by atoms with van der Waals surface area (Å²) in [7, 11) is 0. The molecule has 0 aliphatic heterocycles. The van der Waals surface area contributed by atoms with Crippen LogP contribution in [0.4, 0.5) is 18.9 Å². The molecule has 0 radical (unpaired) electrons. The van der Waals surface area contributed by atoms with Crippen molar-refractivity contribution in [3.63, 3.8) is 0 Å². The summed E-state index contributed by atoms with van der Waals surface area (Å²) in [4.78, 5) is 23.7. The number of carbonyl (C=O) groups is 2. The van der Waals surface area contributed by atoms with Gasteiger partial charge in [0.15, 0.2) is 6.61 Å². The number of nitrogens with zero attached hydrogens (tertiary/aromatic N) is 1. The van der Waals surface area contributed by atoms with Crippen molar-refractivity contribution in [2.75, 3.05) is 11.9 Å². The van der Waals surface area contributed by atoms with Crippen LogP contribution in [0.15, 0.2) is 58.1 Å². The van der Waals surface area contributed by atoms with E-state index < -0.39 is 23.6 Å². The van der Waals surface area contributed by atoms with Gasteiger partial charge in [0.2, 0.25) is 5.91 Å². The van der Waals surface area contributed by atoms with Crippen LogP contribution in [0.25, 0.3) is 0 Å².